The average molecular weight is 811 g/mol. The molecule has 60 heavy (non-hydrogen) atoms. The lowest BCUT2D eigenvalue weighted by atomic mass is 9.94. The maximum Gasteiger partial charge on any atom is 0.262 e. The number of hydrogen-bond acceptors (Lipinski definition) is 13. The summed E-state index contributed by atoms with van der Waals surface area (Å²) in [5.74, 6) is 0.358. The number of piperidine rings is 4. The highest BCUT2D eigenvalue weighted by molar-refractivity contribution is 6.23. The zero-order chi connectivity index (χ0) is 41.3. The number of carbonyl (C=O) groups excluding carboxylic acids is 4. The highest BCUT2D eigenvalue weighted by Crippen LogP contribution is 2.34. The zero-order valence-electron chi connectivity index (χ0n) is 33.5. The van der Waals surface area contributed by atoms with Gasteiger partial charge in [0.1, 0.15) is 35.5 Å². The molecule has 15 nitrogen and oxygen atoms in total. The van der Waals surface area contributed by atoms with E-state index in [1.807, 2.05) is 60.7 Å². The maximum absolute atomic E-state index is 13.4. The predicted octanol–water partition coefficient (Wildman–Crippen LogP) is 4.68. The third-order valence-electron chi connectivity index (χ3n) is 12.9. The fourth-order valence-corrected chi connectivity index (χ4v) is 9.58. The van der Waals surface area contributed by atoms with Gasteiger partial charge in [-0.25, -0.2) is 9.97 Å². The van der Waals surface area contributed by atoms with Gasteiger partial charge in [0.05, 0.1) is 22.4 Å². The first-order valence-electron chi connectivity index (χ1n) is 21.1. The fraction of sp³-hybridized carbons (Fsp3) is 0.400. The molecule has 0 bridgehead atoms. The van der Waals surface area contributed by atoms with Crippen molar-refractivity contribution >= 4 is 46.7 Å². The number of aromatic nitrogens is 2. The summed E-state index contributed by atoms with van der Waals surface area (Å²) in [5, 5.41) is 14.9. The quantitative estimate of drug-likeness (QED) is 0.128. The van der Waals surface area contributed by atoms with Gasteiger partial charge in [-0.2, -0.15) is 0 Å². The summed E-state index contributed by atoms with van der Waals surface area (Å²) in [6, 6.07) is 22.7. The molecular weight excluding hydrogens is 761 g/mol. The summed E-state index contributed by atoms with van der Waals surface area (Å²) < 4.78 is 5.93. The normalized spacial score (nSPS) is 21.2. The van der Waals surface area contributed by atoms with Gasteiger partial charge in [-0.1, -0.05) is 18.2 Å². The number of nitrogens with two attached hydrogens (primary N) is 1. The molecule has 5 aliphatic rings. The van der Waals surface area contributed by atoms with Crippen LogP contribution in [0.5, 0.6) is 11.5 Å². The van der Waals surface area contributed by atoms with E-state index in [9.17, 15) is 19.2 Å². The maximum atomic E-state index is 13.4. The standard InChI is InChI=1S/C45H50N10O5/c46-40(28-6-9-34(10-7-28)60-33-4-2-1-3-5-33)39-41(47)48-27-49-42(39)50-29-14-20-52(21-15-29)30-16-22-53(23-17-30)31-18-24-54(25-19-31)32-8-11-35-36(26-32)45(59)55(44(35)58)37-12-13-38(56)51-43(37)57/h1-11,26-27,29-31,37,46H,12-25H2,(H,51,56,57)(H3,47,48,49,50). The Hall–Kier alpha value is -6.19. The van der Waals surface area contributed by atoms with Gasteiger partial charge in [0.2, 0.25) is 11.8 Å². The molecule has 1 atom stereocenters. The van der Waals surface area contributed by atoms with Gasteiger partial charge in [0.25, 0.3) is 11.8 Å². The van der Waals surface area contributed by atoms with E-state index in [1.54, 1.807) is 12.1 Å². The SMILES string of the molecule is N=C(c1ccc(Oc2ccccc2)cc1)c1c(N)ncnc1NC1CCN(C2CCN(C3CCN(c4ccc5c(c4)C(=O)N(C4CCC(=O)NC4=O)C5=O)CC3)CC2)CC1. The Morgan fingerprint density at radius 1 is 0.733 bits per heavy atom. The molecule has 4 fully saturated rings. The van der Waals surface area contributed by atoms with Crippen LogP contribution in [0.15, 0.2) is 79.1 Å². The van der Waals surface area contributed by atoms with E-state index in [4.69, 9.17) is 15.9 Å². The van der Waals surface area contributed by atoms with Gasteiger partial charge in [0, 0.05) is 62.0 Å². The Labute approximate surface area is 348 Å². The number of anilines is 3. The molecule has 0 spiro atoms. The van der Waals surface area contributed by atoms with Crippen molar-refractivity contribution in [1.82, 2.24) is 30.0 Å². The van der Waals surface area contributed by atoms with Crippen LogP contribution < -0.4 is 26.0 Å². The molecule has 4 aromatic rings. The molecule has 0 saturated carbocycles. The van der Waals surface area contributed by atoms with Gasteiger partial charge in [0.15, 0.2) is 0 Å². The van der Waals surface area contributed by atoms with E-state index < -0.39 is 23.8 Å². The minimum atomic E-state index is -0.966. The van der Waals surface area contributed by atoms with Crippen molar-refractivity contribution in [2.24, 2.45) is 0 Å². The Balaban J connectivity index is 0.735. The van der Waals surface area contributed by atoms with Crippen molar-refractivity contribution in [3.63, 3.8) is 0 Å². The molecule has 0 radical (unpaired) electrons. The number of amides is 4. The number of fused-ring (bicyclic) bond motifs is 1. The van der Waals surface area contributed by atoms with Gasteiger partial charge in [-0.3, -0.25) is 34.8 Å². The molecular formula is C45H50N10O5. The van der Waals surface area contributed by atoms with E-state index in [0.29, 0.717) is 45.9 Å². The van der Waals surface area contributed by atoms with Crippen LogP contribution in [0.4, 0.5) is 17.3 Å². The first-order valence-corrected chi connectivity index (χ1v) is 21.1. The molecule has 1 aromatic heterocycles. The Morgan fingerprint density at radius 2 is 1.37 bits per heavy atom. The highest BCUT2D eigenvalue weighted by atomic mass is 16.5. The van der Waals surface area contributed by atoms with Gasteiger partial charge >= 0.3 is 0 Å². The molecule has 310 valence electrons. The number of imide groups is 2. The van der Waals surface area contributed by atoms with Crippen molar-refractivity contribution in [1.29, 1.82) is 5.41 Å². The van der Waals surface area contributed by atoms with E-state index >= 15 is 0 Å². The van der Waals surface area contributed by atoms with Crippen LogP contribution in [0.1, 0.15) is 83.2 Å². The summed E-state index contributed by atoms with van der Waals surface area (Å²) in [7, 11) is 0. The van der Waals surface area contributed by atoms with Crippen LogP contribution in [-0.4, -0.2) is 117 Å². The topological polar surface area (TPSA) is 190 Å². The number of carbonyl (C=O) groups is 4. The first-order chi connectivity index (χ1) is 29.2. The molecule has 4 saturated heterocycles. The van der Waals surface area contributed by atoms with Crippen molar-refractivity contribution < 1.29 is 23.9 Å². The van der Waals surface area contributed by atoms with Crippen LogP contribution in [0.3, 0.4) is 0 Å². The zero-order valence-corrected chi connectivity index (χ0v) is 33.5. The summed E-state index contributed by atoms with van der Waals surface area (Å²) >= 11 is 0. The van der Waals surface area contributed by atoms with Crippen LogP contribution >= 0.6 is 0 Å². The first kappa shape index (κ1) is 39.3. The number of likely N-dealkylation sites (tertiary alicyclic amines) is 2. The second-order valence-electron chi connectivity index (χ2n) is 16.4. The number of nitrogens with one attached hydrogen (secondary N) is 3. The Morgan fingerprint density at radius 3 is 2.05 bits per heavy atom. The van der Waals surface area contributed by atoms with Crippen molar-refractivity contribution in [3.05, 3.63) is 101 Å². The van der Waals surface area contributed by atoms with Crippen molar-refractivity contribution in [2.45, 2.75) is 75.5 Å². The van der Waals surface area contributed by atoms with Crippen molar-refractivity contribution in [3.8, 4) is 11.5 Å². The van der Waals surface area contributed by atoms with E-state index in [-0.39, 0.29) is 36.3 Å². The monoisotopic (exact) mass is 810 g/mol. The second kappa shape index (κ2) is 16.8. The number of hydrogen-bond donors (Lipinski definition) is 4. The van der Waals surface area contributed by atoms with E-state index in [1.165, 1.54) is 6.33 Å². The summed E-state index contributed by atoms with van der Waals surface area (Å²) in [4.78, 5) is 68.1. The number of nitrogen functional groups attached to an aromatic ring is 1. The van der Waals surface area contributed by atoms with Gasteiger partial charge in [-0.15, -0.1) is 0 Å². The third-order valence-corrected chi connectivity index (χ3v) is 12.9. The molecule has 3 aromatic carbocycles. The van der Waals surface area contributed by atoms with E-state index in [2.05, 4.69) is 35.3 Å². The Kier molecular flexibility index (Phi) is 11.0. The van der Waals surface area contributed by atoms with Crippen molar-refractivity contribution in [2.75, 3.05) is 55.2 Å². The number of nitrogens with zero attached hydrogens (tertiary/aromatic N) is 6. The van der Waals surface area contributed by atoms with Crippen LogP contribution in [-0.2, 0) is 9.59 Å². The largest absolute Gasteiger partial charge is 0.457 e. The third kappa shape index (κ3) is 7.94. The molecule has 1 unspecified atom stereocenters. The summed E-state index contributed by atoms with van der Waals surface area (Å²) in [6.45, 7) is 5.86. The molecule has 9 rings (SSSR count). The average Bonchev–Trinajstić information content (AvgIpc) is 3.52. The molecule has 15 heteroatoms. The smallest absolute Gasteiger partial charge is 0.262 e. The summed E-state index contributed by atoms with van der Waals surface area (Å²) in [5.41, 5.74) is 9.36. The molecule has 5 aliphatic heterocycles. The number of benzene rings is 3. The lowest BCUT2D eigenvalue weighted by Crippen LogP contribution is -2.54. The lowest BCUT2D eigenvalue weighted by Gasteiger charge is -2.45. The number of para-hydroxylation sites is 1. The van der Waals surface area contributed by atoms with Gasteiger partial charge < -0.3 is 30.5 Å². The van der Waals surface area contributed by atoms with E-state index in [0.717, 1.165) is 94.1 Å². The highest BCUT2D eigenvalue weighted by Gasteiger charge is 2.45. The molecule has 0 aliphatic carbocycles. The second-order valence-corrected chi connectivity index (χ2v) is 16.4. The minimum Gasteiger partial charge on any atom is -0.457 e. The summed E-state index contributed by atoms with van der Waals surface area (Å²) in [6.07, 6.45) is 7.96. The number of rotatable bonds is 10. The van der Waals surface area contributed by atoms with Crippen LogP contribution in [0.2, 0.25) is 0 Å². The van der Waals surface area contributed by atoms with Gasteiger partial charge in [-0.05, 0) is 113 Å². The van der Waals surface area contributed by atoms with Crippen LogP contribution in [0.25, 0.3) is 0 Å². The fourth-order valence-electron chi connectivity index (χ4n) is 9.58. The molecule has 4 amide bonds. The Bertz CT molecular complexity index is 2280. The lowest BCUT2D eigenvalue weighted by molar-refractivity contribution is -0.136. The molecule has 5 N–H and O–H groups in total. The predicted molar refractivity (Wildman–Crippen MR) is 226 cm³/mol. The minimum absolute atomic E-state index is 0.0978. The molecule has 6 heterocycles. The van der Waals surface area contributed by atoms with Crippen LogP contribution in [0, 0.1) is 5.41 Å². The number of ether oxygens (including phenoxy) is 1.